The van der Waals surface area contributed by atoms with E-state index in [1.54, 1.807) is 0 Å². The monoisotopic (exact) mass is 331 g/mol. The number of carbonyl (C=O) groups excluding carboxylic acids is 1. The number of carbonyl (C=O) groups is 1. The van der Waals surface area contributed by atoms with Crippen molar-refractivity contribution in [1.82, 2.24) is 4.98 Å². The molecule has 0 radical (unpaired) electrons. The van der Waals surface area contributed by atoms with Gasteiger partial charge in [-0.3, -0.25) is 4.79 Å². The van der Waals surface area contributed by atoms with Crippen molar-refractivity contribution in [3.05, 3.63) is 35.2 Å². The number of nitrogens with one attached hydrogen (secondary N) is 1. The van der Waals surface area contributed by atoms with Crippen molar-refractivity contribution < 1.29 is 9.53 Å². The smallest absolute Gasteiger partial charge is 0.243 e. The van der Waals surface area contributed by atoms with Crippen LogP contribution in [0, 0.1) is 12.8 Å². The van der Waals surface area contributed by atoms with E-state index in [0.29, 0.717) is 18.3 Å². The normalized spacial score (nSPS) is 17.0. The van der Waals surface area contributed by atoms with Gasteiger partial charge in [-0.05, 0) is 25.7 Å². The molecule has 1 amide bonds. The quantitative estimate of drug-likeness (QED) is 0.903. The zero-order valence-electron chi connectivity index (χ0n) is 13.1. The van der Waals surface area contributed by atoms with Crippen LogP contribution in [0.1, 0.15) is 18.4 Å². The molecule has 3 N–H and O–H groups in total. The fourth-order valence-corrected chi connectivity index (χ4v) is 3.39. The third kappa shape index (κ3) is 3.96. The number of aryl methyl sites for hydroxylation is 1. The lowest BCUT2D eigenvalue weighted by Crippen LogP contribution is -2.43. The molecule has 0 bridgehead atoms. The number of aromatic nitrogens is 1. The highest BCUT2D eigenvalue weighted by atomic mass is 32.1. The van der Waals surface area contributed by atoms with E-state index in [9.17, 15) is 4.79 Å². The number of ether oxygens (including phenoxy) is 1. The van der Waals surface area contributed by atoms with Crippen LogP contribution in [0.5, 0.6) is 0 Å². The Labute approximate surface area is 139 Å². The number of nitrogens with two attached hydrogens (primary N) is 1. The minimum Gasteiger partial charge on any atom is -0.381 e. The van der Waals surface area contributed by atoms with E-state index in [4.69, 9.17) is 10.5 Å². The molecule has 0 saturated carbocycles. The highest BCUT2D eigenvalue weighted by Gasteiger charge is 2.27. The van der Waals surface area contributed by atoms with Gasteiger partial charge in [0.2, 0.25) is 5.91 Å². The number of thiazole rings is 1. The molecule has 1 atom stereocenters. The lowest BCUT2D eigenvalue weighted by Gasteiger charge is -2.26. The predicted octanol–water partition coefficient (Wildman–Crippen LogP) is 2.81. The van der Waals surface area contributed by atoms with Crippen molar-refractivity contribution in [1.29, 1.82) is 0 Å². The van der Waals surface area contributed by atoms with Gasteiger partial charge in [0.05, 0.1) is 11.7 Å². The summed E-state index contributed by atoms with van der Waals surface area (Å²) in [6, 6.07) is 7.65. The Morgan fingerprint density at radius 2 is 2.04 bits per heavy atom. The van der Waals surface area contributed by atoms with Crippen LogP contribution in [0.2, 0.25) is 0 Å². The topological polar surface area (TPSA) is 77.2 Å². The van der Waals surface area contributed by atoms with Gasteiger partial charge in [-0.25, -0.2) is 4.98 Å². The molecule has 6 heteroatoms. The van der Waals surface area contributed by atoms with E-state index in [1.165, 1.54) is 16.9 Å². The maximum Gasteiger partial charge on any atom is 0.243 e. The first-order valence-corrected chi connectivity index (χ1v) is 8.68. The summed E-state index contributed by atoms with van der Waals surface area (Å²) in [5.41, 5.74) is 9.20. The van der Waals surface area contributed by atoms with Crippen LogP contribution < -0.4 is 11.1 Å². The second kappa shape index (κ2) is 7.21. The molecule has 0 spiro atoms. The molecule has 1 aliphatic rings. The first kappa shape index (κ1) is 16.1. The van der Waals surface area contributed by atoms with Crippen LogP contribution in [0.3, 0.4) is 0 Å². The number of hydrogen-bond acceptors (Lipinski definition) is 5. The molecule has 5 nitrogen and oxygen atoms in total. The lowest BCUT2D eigenvalue weighted by atomic mass is 9.92. The number of nitrogens with zero attached hydrogens (tertiary/aromatic N) is 1. The van der Waals surface area contributed by atoms with Crippen LogP contribution >= 0.6 is 11.3 Å². The summed E-state index contributed by atoms with van der Waals surface area (Å²) in [6.07, 6.45) is 1.67. The molecule has 0 aliphatic carbocycles. The molecular formula is C17H21N3O2S. The molecule has 1 aromatic heterocycles. The molecule has 1 saturated heterocycles. The summed E-state index contributed by atoms with van der Waals surface area (Å²) in [7, 11) is 0. The molecule has 1 fully saturated rings. The highest BCUT2D eigenvalue weighted by molar-refractivity contribution is 7.14. The molecule has 1 aromatic carbocycles. The largest absolute Gasteiger partial charge is 0.381 e. The van der Waals surface area contributed by atoms with Gasteiger partial charge in [0.25, 0.3) is 0 Å². The van der Waals surface area contributed by atoms with Crippen LogP contribution in [-0.2, 0) is 9.53 Å². The third-order valence-corrected chi connectivity index (χ3v) is 4.92. The summed E-state index contributed by atoms with van der Waals surface area (Å²) in [4.78, 5) is 16.8. The second-order valence-corrected chi connectivity index (χ2v) is 6.73. The minimum absolute atomic E-state index is 0.165. The van der Waals surface area contributed by atoms with Crippen molar-refractivity contribution in [3.8, 4) is 11.3 Å². The average molecular weight is 331 g/mol. The van der Waals surface area contributed by atoms with Crippen LogP contribution in [0.25, 0.3) is 11.3 Å². The summed E-state index contributed by atoms with van der Waals surface area (Å²) < 4.78 is 5.31. The van der Waals surface area contributed by atoms with Gasteiger partial charge >= 0.3 is 0 Å². The van der Waals surface area contributed by atoms with Crippen molar-refractivity contribution in [2.45, 2.75) is 25.8 Å². The molecule has 122 valence electrons. The van der Waals surface area contributed by atoms with E-state index in [0.717, 1.165) is 24.1 Å². The number of hydrogen-bond donors (Lipinski definition) is 2. The van der Waals surface area contributed by atoms with Gasteiger partial charge in [0, 0.05) is 24.2 Å². The Balaban J connectivity index is 1.64. The number of rotatable bonds is 4. The molecular weight excluding hydrogens is 310 g/mol. The molecule has 3 rings (SSSR count). The van der Waals surface area contributed by atoms with Crippen molar-refractivity contribution >= 4 is 22.4 Å². The number of amides is 1. The van der Waals surface area contributed by atoms with Crippen molar-refractivity contribution in [2.75, 3.05) is 18.5 Å². The van der Waals surface area contributed by atoms with Crippen LogP contribution in [0.15, 0.2) is 29.6 Å². The van der Waals surface area contributed by atoms with E-state index in [2.05, 4.69) is 10.3 Å². The van der Waals surface area contributed by atoms with Crippen molar-refractivity contribution in [2.24, 2.45) is 11.7 Å². The molecule has 2 heterocycles. The first-order chi connectivity index (χ1) is 11.1. The fourth-order valence-electron chi connectivity index (χ4n) is 2.67. The Kier molecular flexibility index (Phi) is 5.05. The zero-order chi connectivity index (χ0) is 16.2. The average Bonchev–Trinajstić information content (AvgIpc) is 3.04. The first-order valence-electron chi connectivity index (χ1n) is 7.80. The van der Waals surface area contributed by atoms with Crippen LogP contribution in [-0.4, -0.2) is 30.1 Å². The summed E-state index contributed by atoms with van der Waals surface area (Å²) in [5.74, 6) is 0.0157. The number of benzene rings is 1. The van der Waals surface area contributed by atoms with Gasteiger partial charge in [-0.2, -0.15) is 0 Å². The molecule has 1 aliphatic heterocycles. The zero-order valence-corrected chi connectivity index (χ0v) is 13.9. The maximum absolute atomic E-state index is 12.3. The van der Waals surface area contributed by atoms with E-state index >= 15 is 0 Å². The Hall–Kier alpha value is -1.76. The second-order valence-electron chi connectivity index (χ2n) is 5.87. The number of anilines is 1. The van der Waals surface area contributed by atoms with Gasteiger partial charge in [0.1, 0.15) is 0 Å². The standard InChI is InChI=1S/C17H21N3O2S/c1-11-2-4-12(5-3-11)14-10-23-17(19-14)20-16(21)15(18)13-6-8-22-9-7-13/h2-5,10,13,15H,6-9,18H2,1H3,(H,19,20,21). The Morgan fingerprint density at radius 3 is 2.74 bits per heavy atom. The summed E-state index contributed by atoms with van der Waals surface area (Å²) in [5, 5.41) is 5.38. The summed E-state index contributed by atoms with van der Waals surface area (Å²) >= 11 is 1.42. The van der Waals surface area contributed by atoms with Crippen LogP contribution in [0.4, 0.5) is 5.13 Å². The molecule has 23 heavy (non-hydrogen) atoms. The predicted molar refractivity (Wildman–Crippen MR) is 92.4 cm³/mol. The minimum atomic E-state index is -0.509. The summed E-state index contributed by atoms with van der Waals surface area (Å²) in [6.45, 7) is 3.41. The van der Waals surface area contributed by atoms with Gasteiger partial charge in [-0.15, -0.1) is 11.3 Å². The Morgan fingerprint density at radius 1 is 1.35 bits per heavy atom. The van der Waals surface area contributed by atoms with E-state index in [-0.39, 0.29) is 11.8 Å². The van der Waals surface area contributed by atoms with Gasteiger partial charge in [0.15, 0.2) is 5.13 Å². The van der Waals surface area contributed by atoms with Gasteiger partial charge in [-0.1, -0.05) is 29.8 Å². The third-order valence-electron chi connectivity index (χ3n) is 4.16. The highest BCUT2D eigenvalue weighted by Crippen LogP contribution is 2.26. The Bertz CT molecular complexity index is 663. The van der Waals surface area contributed by atoms with E-state index in [1.807, 2.05) is 36.6 Å². The van der Waals surface area contributed by atoms with E-state index < -0.39 is 6.04 Å². The SMILES string of the molecule is Cc1ccc(-c2csc(NC(=O)C(N)C3CCOCC3)n2)cc1. The lowest BCUT2D eigenvalue weighted by molar-refractivity contribution is -0.119. The molecule has 2 aromatic rings. The fraction of sp³-hybridized carbons (Fsp3) is 0.412. The molecule has 1 unspecified atom stereocenters. The van der Waals surface area contributed by atoms with Crippen molar-refractivity contribution in [3.63, 3.8) is 0 Å². The van der Waals surface area contributed by atoms with Gasteiger partial charge < -0.3 is 15.8 Å². The maximum atomic E-state index is 12.3.